The molecule has 0 aliphatic rings. The first kappa shape index (κ1) is 16.1. The molecule has 0 bridgehead atoms. The van der Waals surface area contributed by atoms with Gasteiger partial charge in [-0.2, -0.15) is 5.10 Å². The first-order valence-electron chi connectivity index (χ1n) is 8.10. The van der Waals surface area contributed by atoms with E-state index in [2.05, 4.69) is 25.7 Å². The molecule has 0 aliphatic heterocycles. The second kappa shape index (κ2) is 7.67. The highest BCUT2D eigenvalue weighted by molar-refractivity contribution is 7.21. The van der Waals surface area contributed by atoms with Gasteiger partial charge < -0.3 is 0 Å². The van der Waals surface area contributed by atoms with Gasteiger partial charge in [0.1, 0.15) is 0 Å². The fraction of sp³-hybridized carbons (Fsp3) is 0. The molecule has 0 atom stereocenters. The van der Waals surface area contributed by atoms with Gasteiger partial charge in [0.2, 0.25) is 11.0 Å². The second-order valence-electron chi connectivity index (χ2n) is 5.44. The summed E-state index contributed by atoms with van der Waals surface area (Å²) in [5.74, 6) is 0.494. The summed E-state index contributed by atoms with van der Waals surface area (Å²) in [6.45, 7) is 0. The number of hydrogen-bond donors (Lipinski definition) is 1. The van der Waals surface area contributed by atoms with Crippen molar-refractivity contribution in [1.29, 1.82) is 0 Å². The van der Waals surface area contributed by atoms with Crippen LogP contribution in [-0.4, -0.2) is 10.8 Å². The van der Waals surface area contributed by atoms with Gasteiger partial charge in [0.05, 0.1) is 15.9 Å². The van der Waals surface area contributed by atoms with Crippen LogP contribution < -0.4 is 5.43 Å². The number of anilines is 1. The average Bonchev–Trinajstić information content (AvgIpc) is 3.12. The lowest BCUT2D eigenvalue weighted by Crippen LogP contribution is -2.00. The minimum atomic E-state index is 0.494. The zero-order chi connectivity index (χ0) is 17.6. The average molecular weight is 357 g/mol. The van der Waals surface area contributed by atoms with Crippen LogP contribution in [0, 0.1) is 0 Å². The Bertz CT molecular complexity index is 1020. The van der Waals surface area contributed by atoms with Gasteiger partial charge in [0, 0.05) is 5.56 Å². The van der Waals surface area contributed by atoms with Crippen molar-refractivity contribution in [3.63, 3.8) is 0 Å². The predicted octanol–water partition coefficient (Wildman–Crippen LogP) is 5.85. The number of hydrogen-bond acceptors (Lipinski definition) is 5. The number of fused-ring (bicyclic) bond motifs is 1. The summed E-state index contributed by atoms with van der Waals surface area (Å²) in [4.78, 5) is 4.48. The van der Waals surface area contributed by atoms with Gasteiger partial charge >= 0.3 is 0 Å². The number of azo groups is 1. The van der Waals surface area contributed by atoms with Crippen molar-refractivity contribution >= 4 is 38.2 Å². The molecule has 0 saturated carbocycles. The number of amidine groups is 1. The third-order valence-electron chi connectivity index (χ3n) is 3.61. The number of aromatic nitrogens is 1. The van der Waals surface area contributed by atoms with E-state index in [1.54, 1.807) is 0 Å². The van der Waals surface area contributed by atoms with E-state index in [-0.39, 0.29) is 0 Å². The van der Waals surface area contributed by atoms with Crippen molar-refractivity contribution in [1.82, 2.24) is 4.98 Å². The highest BCUT2D eigenvalue weighted by Crippen LogP contribution is 2.28. The number of rotatable bonds is 4. The van der Waals surface area contributed by atoms with Gasteiger partial charge in [0.15, 0.2) is 0 Å². The van der Waals surface area contributed by atoms with Crippen LogP contribution in [0.5, 0.6) is 0 Å². The minimum Gasteiger partial charge on any atom is -0.276 e. The molecule has 4 aromatic rings. The van der Waals surface area contributed by atoms with Crippen LogP contribution in [0.1, 0.15) is 5.56 Å². The van der Waals surface area contributed by atoms with E-state index in [9.17, 15) is 0 Å². The SMILES string of the molecule is c1ccc(N/N=C(/N=N/c2nc3ccccc3s2)c2ccccc2)cc1. The molecule has 0 fully saturated rings. The molecule has 126 valence electrons. The minimum absolute atomic E-state index is 0.494. The van der Waals surface area contributed by atoms with Crippen molar-refractivity contribution < 1.29 is 0 Å². The number of para-hydroxylation sites is 2. The van der Waals surface area contributed by atoms with Crippen molar-refractivity contribution in [2.24, 2.45) is 15.3 Å². The van der Waals surface area contributed by atoms with Crippen LogP contribution in [0.15, 0.2) is 100 Å². The zero-order valence-electron chi connectivity index (χ0n) is 13.8. The topological polar surface area (TPSA) is 62.0 Å². The molecule has 0 radical (unpaired) electrons. The van der Waals surface area contributed by atoms with E-state index in [1.807, 2.05) is 84.9 Å². The van der Waals surface area contributed by atoms with Gasteiger partial charge in [-0.25, -0.2) is 4.98 Å². The standard InChI is InChI=1S/C20H15N5S/c1-3-9-15(10-4-1)19(23-22-16-11-5-2-6-12-16)24-25-20-21-17-13-7-8-14-18(17)26-20/h1-14,22H/b23-19+,25-24+. The predicted molar refractivity (Wildman–Crippen MR) is 107 cm³/mol. The number of nitrogens with zero attached hydrogens (tertiary/aromatic N) is 4. The van der Waals surface area contributed by atoms with Crippen molar-refractivity contribution in [3.05, 3.63) is 90.5 Å². The van der Waals surface area contributed by atoms with Gasteiger partial charge in [-0.1, -0.05) is 72.0 Å². The normalized spacial score (nSPS) is 11.9. The van der Waals surface area contributed by atoms with E-state index in [4.69, 9.17) is 0 Å². The Kier molecular flexibility index (Phi) is 4.75. The third kappa shape index (κ3) is 3.81. The summed E-state index contributed by atoms with van der Waals surface area (Å²) in [7, 11) is 0. The quantitative estimate of drug-likeness (QED) is 0.215. The fourth-order valence-electron chi connectivity index (χ4n) is 2.36. The molecule has 1 heterocycles. The molecule has 0 amide bonds. The van der Waals surface area contributed by atoms with Crippen LogP contribution in [-0.2, 0) is 0 Å². The van der Waals surface area contributed by atoms with Crippen LogP contribution in [0.3, 0.4) is 0 Å². The lowest BCUT2D eigenvalue weighted by Gasteiger charge is -2.02. The summed E-state index contributed by atoms with van der Waals surface area (Å²) in [6, 6.07) is 27.4. The Morgan fingerprint density at radius 1 is 0.808 bits per heavy atom. The first-order valence-corrected chi connectivity index (χ1v) is 8.92. The smallest absolute Gasteiger partial charge is 0.231 e. The largest absolute Gasteiger partial charge is 0.276 e. The molecular weight excluding hydrogens is 342 g/mol. The van der Waals surface area contributed by atoms with E-state index >= 15 is 0 Å². The van der Waals surface area contributed by atoms with Gasteiger partial charge in [-0.3, -0.25) is 5.43 Å². The van der Waals surface area contributed by atoms with E-state index in [0.717, 1.165) is 21.5 Å². The molecule has 0 unspecified atom stereocenters. The maximum atomic E-state index is 4.48. The molecule has 5 nitrogen and oxygen atoms in total. The molecule has 0 aliphatic carbocycles. The van der Waals surface area contributed by atoms with E-state index in [1.165, 1.54) is 11.3 Å². The highest BCUT2D eigenvalue weighted by atomic mass is 32.1. The van der Waals surface area contributed by atoms with Crippen LogP contribution in [0.2, 0.25) is 0 Å². The Morgan fingerprint density at radius 3 is 2.27 bits per heavy atom. The van der Waals surface area contributed by atoms with E-state index in [0.29, 0.717) is 11.0 Å². The van der Waals surface area contributed by atoms with Gasteiger partial charge in [0.25, 0.3) is 0 Å². The molecular formula is C20H15N5S. The molecule has 6 heteroatoms. The van der Waals surface area contributed by atoms with Crippen LogP contribution in [0.4, 0.5) is 10.8 Å². The lowest BCUT2D eigenvalue weighted by atomic mass is 10.2. The lowest BCUT2D eigenvalue weighted by molar-refractivity contribution is 1.21. The van der Waals surface area contributed by atoms with Gasteiger partial charge in [-0.15, -0.1) is 10.2 Å². The molecule has 3 aromatic carbocycles. The highest BCUT2D eigenvalue weighted by Gasteiger charge is 2.05. The van der Waals surface area contributed by atoms with Gasteiger partial charge in [-0.05, 0) is 24.3 Å². The molecule has 4 rings (SSSR count). The Labute approximate surface area is 154 Å². The van der Waals surface area contributed by atoms with Crippen LogP contribution >= 0.6 is 11.3 Å². The van der Waals surface area contributed by atoms with E-state index < -0.39 is 0 Å². The summed E-state index contributed by atoms with van der Waals surface area (Å²) >= 11 is 1.50. The fourth-order valence-corrected chi connectivity index (χ4v) is 3.14. The monoisotopic (exact) mass is 357 g/mol. The molecule has 26 heavy (non-hydrogen) atoms. The summed E-state index contributed by atoms with van der Waals surface area (Å²) in [6.07, 6.45) is 0. The number of benzene rings is 3. The third-order valence-corrected chi connectivity index (χ3v) is 4.53. The molecule has 1 aromatic heterocycles. The summed E-state index contributed by atoms with van der Waals surface area (Å²) in [5.41, 5.74) is 5.71. The maximum Gasteiger partial charge on any atom is 0.231 e. The summed E-state index contributed by atoms with van der Waals surface area (Å²) < 4.78 is 1.09. The van der Waals surface area contributed by atoms with Crippen molar-refractivity contribution in [3.8, 4) is 0 Å². The zero-order valence-corrected chi connectivity index (χ0v) is 14.6. The number of nitrogens with one attached hydrogen (secondary N) is 1. The van der Waals surface area contributed by atoms with Crippen LogP contribution in [0.25, 0.3) is 10.2 Å². The first-order chi connectivity index (χ1) is 12.9. The molecule has 1 N–H and O–H groups in total. The van der Waals surface area contributed by atoms with Crippen molar-refractivity contribution in [2.45, 2.75) is 0 Å². The second-order valence-corrected chi connectivity index (χ2v) is 6.45. The van der Waals surface area contributed by atoms with Crippen molar-refractivity contribution in [2.75, 3.05) is 5.43 Å². The summed E-state index contributed by atoms with van der Waals surface area (Å²) in [5, 5.41) is 13.7. The Hall–Kier alpha value is -3.38. The molecule has 0 spiro atoms. The number of hydrazone groups is 1. The maximum absolute atomic E-state index is 4.48. The number of thiazole rings is 1. The molecule has 0 saturated heterocycles. The Balaban J connectivity index is 1.64. The Morgan fingerprint density at radius 2 is 1.50 bits per heavy atom.